The van der Waals surface area contributed by atoms with Crippen LogP contribution in [0.25, 0.3) is 6.08 Å². The molecule has 1 aromatic heterocycles. The van der Waals surface area contributed by atoms with Crippen LogP contribution in [0.15, 0.2) is 65.7 Å². The minimum Gasteiger partial charge on any atom is -0.493 e. The zero-order chi connectivity index (χ0) is 25.3. The summed E-state index contributed by atoms with van der Waals surface area (Å²) >= 11 is 1.49. The number of methoxy groups -OCH3 is 2. The summed E-state index contributed by atoms with van der Waals surface area (Å²) in [6.07, 6.45) is 3.57. The number of carbonyl (C=O) groups excluding carboxylic acids is 2. The number of nitrogens with one attached hydrogen (secondary N) is 2. The average molecular weight is 506 g/mol. The monoisotopic (exact) mass is 505 g/mol. The second kappa shape index (κ2) is 12.4. The van der Waals surface area contributed by atoms with Gasteiger partial charge in [-0.05, 0) is 59.7 Å². The van der Waals surface area contributed by atoms with Gasteiger partial charge in [-0.25, -0.2) is 0 Å². The second-order valence-electron chi connectivity index (χ2n) is 8.50. The Morgan fingerprint density at radius 2 is 1.83 bits per heavy atom. The third-order valence-corrected chi connectivity index (χ3v) is 6.93. The Morgan fingerprint density at radius 3 is 2.58 bits per heavy atom. The molecule has 0 bridgehead atoms. The van der Waals surface area contributed by atoms with E-state index in [1.165, 1.54) is 36.7 Å². The zero-order valence-corrected chi connectivity index (χ0v) is 21.4. The van der Waals surface area contributed by atoms with Crippen molar-refractivity contribution in [3.63, 3.8) is 0 Å². The number of nitrogens with zero attached hydrogens (tertiary/aromatic N) is 1. The number of hydrogen-bond acceptors (Lipinski definition) is 6. The molecule has 0 radical (unpaired) electrons. The van der Waals surface area contributed by atoms with Crippen molar-refractivity contribution in [3.8, 4) is 11.5 Å². The maximum atomic E-state index is 13.0. The average Bonchev–Trinajstić information content (AvgIpc) is 3.43. The number of benzene rings is 2. The topological polar surface area (TPSA) is 79.9 Å². The van der Waals surface area contributed by atoms with Crippen LogP contribution in [0.5, 0.6) is 11.5 Å². The minimum atomic E-state index is -0.402. The quantitative estimate of drug-likeness (QED) is 0.320. The van der Waals surface area contributed by atoms with Gasteiger partial charge in [0.25, 0.3) is 11.8 Å². The van der Waals surface area contributed by atoms with Crippen LogP contribution in [0.1, 0.15) is 32.8 Å². The summed E-state index contributed by atoms with van der Waals surface area (Å²) < 4.78 is 10.5. The Kier molecular flexibility index (Phi) is 8.76. The van der Waals surface area contributed by atoms with Gasteiger partial charge in [0.15, 0.2) is 11.5 Å². The Balaban J connectivity index is 1.35. The number of carbonyl (C=O) groups is 2. The van der Waals surface area contributed by atoms with Crippen molar-refractivity contribution in [2.24, 2.45) is 0 Å². The van der Waals surface area contributed by atoms with Crippen LogP contribution in [0, 0.1) is 0 Å². The van der Waals surface area contributed by atoms with E-state index in [1.807, 2.05) is 17.5 Å². The summed E-state index contributed by atoms with van der Waals surface area (Å²) in [7, 11) is 3.05. The fraction of sp³-hybridized carbons (Fsp3) is 0.286. The van der Waals surface area contributed by atoms with Crippen LogP contribution < -0.4 is 20.1 Å². The van der Waals surface area contributed by atoms with E-state index in [0.29, 0.717) is 23.6 Å². The molecule has 0 saturated heterocycles. The number of fused-ring (bicyclic) bond motifs is 1. The Bertz CT molecular complexity index is 1220. The molecule has 1 aliphatic rings. The van der Waals surface area contributed by atoms with Crippen LogP contribution in [0.4, 0.5) is 0 Å². The molecule has 3 aromatic rings. The number of thiophene rings is 1. The van der Waals surface area contributed by atoms with Gasteiger partial charge in [0.2, 0.25) is 0 Å². The SMILES string of the molecule is COc1ccc(C(=O)N/C(=C\c2cccs2)C(=O)NCCCN2CCc3ccccc3C2)cc1OC. The van der Waals surface area contributed by atoms with Gasteiger partial charge in [0.05, 0.1) is 14.2 Å². The Morgan fingerprint density at radius 1 is 1.03 bits per heavy atom. The molecular formula is C28H31N3O4S. The largest absolute Gasteiger partial charge is 0.493 e. The summed E-state index contributed by atoms with van der Waals surface area (Å²) in [5.41, 5.74) is 3.37. The van der Waals surface area contributed by atoms with Gasteiger partial charge in [0.1, 0.15) is 5.70 Å². The first kappa shape index (κ1) is 25.5. The minimum absolute atomic E-state index is 0.198. The summed E-state index contributed by atoms with van der Waals surface area (Å²) in [6, 6.07) is 17.2. The normalized spacial score (nSPS) is 13.6. The standard InChI is InChI=1S/C28H31N3O4S/c1-34-25-11-10-21(17-26(25)35-2)27(32)30-24(18-23-9-5-16-36-23)28(33)29-13-6-14-31-15-12-20-7-3-4-8-22(20)19-31/h3-5,7-11,16-18H,6,12-15,19H2,1-2H3,(H,29,33)(H,30,32)/b24-18-. The van der Waals surface area contributed by atoms with Gasteiger partial charge in [0, 0.05) is 36.6 Å². The van der Waals surface area contributed by atoms with Crippen molar-refractivity contribution in [3.05, 3.63) is 87.2 Å². The second-order valence-corrected chi connectivity index (χ2v) is 9.48. The van der Waals surface area contributed by atoms with E-state index in [-0.39, 0.29) is 11.6 Å². The zero-order valence-electron chi connectivity index (χ0n) is 20.6. The summed E-state index contributed by atoms with van der Waals surface area (Å²) in [5, 5.41) is 7.66. The third kappa shape index (κ3) is 6.53. The molecule has 0 atom stereocenters. The fourth-order valence-electron chi connectivity index (χ4n) is 4.19. The first-order chi connectivity index (χ1) is 17.6. The van der Waals surface area contributed by atoms with Crippen molar-refractivity contribution in [1.82, 2.24) is 15.5 Å². The molecule has 7 nitrogen and oxygen atoms in total. The molecule has 0 aliphatic carbocycles. The van der Waals surface area contributed by atoms with E-state index in [0.717, 1.165) is 37.4 Å². The highest BCUT2D eigenvalue weighted by atomic mass is 32.1. The fourth-order valence-corrected chi connectivity index (χ4v) is 4.85. The molecule has 2 aromatic carbocycles. The van der Waals surface area contributed by atoms with Gasteiger partial charge < -0.3 is 20.1 Å². The summed E-state index contributed by atoms with van der Waals surface area (Å²) in [5.74, 6) is 0.249. The van der Waals surface area contributed by atoms with E-state index in [2.05, 4.69) is 39.8 Å². The number of hydrogen-bond donors (Lipinski definition) is 2. The van der Waals surface area contributed by atoms with Crippen LogP contribution in [-0.2, 0) is 17.8 Å². The summed E-state index contributed by atoms with van der Waals surface area (Å²) in [6.45, 7) is 3.38. The molecule has 4 rings (SSSR count). The van der Waals surface area contributed by atoms with Crippen molar-refractivity contribution >= 4 is 29.2 Å². The lowest BCUT2D eigenvalue weighted by molar-refractivity contribution is -0.117. The van der Waals surface area contributed by atoms with E-state index in [4.69, 9.17) is 9.47 Å². The molecular weight excluding hydrogens is 474 g/mol. The van der Waals surface area contributed by atoms with E-state index in [1.54, 1.807) is 24.3 Å². The lowest BCUT2D eigenvalue weighted by Crippen LogP contribution is -2.37. The molecule has 1 aliphatic heterocycles. The first-order valence-electron chi connectivity index (χ1n) is 11.9. The number of amides is 2. The third-order valence-electron chi connectivity index (χ3n) is 6.11. The maximum absolute atomic E-state index is 13.0. The van der Waals surface area contributed by atoms with Crippen molar-refractivity contribution < 1.29 is 19.1 Å². The Hall–Kier alpha value is -3.62. The highest BCUT2D eigenvalue weighted by Crippen LogP contribution is 2.27. The van der Waals surface area contributed by atoms with Crippen LogP contribution >= 0.6 is 11.3 Å². The molecule has 2 heterocycles. The predicted molar refractivity (Wildman–Crippen MR) is 142 cm³/mol. The number of ether oxygens (including phenoxy) is 2. The molecule has 188 valence electrons. The molecule has 36 heavy (non-hydrogen) atoms. The maximum Gasteiger partial charge on any atom is 0.267 e. The molecule has 0 unspecified atom stereocenters. The molecule has 0 spiro atoms. The van der Waals surface area contributed by atoms with Gasteiger partial charge in [-0.15, -0.1) is 11.3 Å². The smallest absolute Gasteiger partial charge is 0.267 e. The van der Waals surface area contributed by atoms with E-state index >= 15 is 0 Å². The van der Waals surface area contributed by atoms with Gasteiger partial charge >= 0.3 is 0 Å². The molecule has 2 N–H and O–H groups in total. The van der Waals surface area contributed by atoms with Crippen LogP contribution in [0.3, 0.4) is 0 Å². The number of rotatable bonds is 10. The molecule has 0 saturated carbocycles. The first-order valence-corrected chi connectivity index (χ1v) is 12.8. The van der Waals surface area contributed by atoms with Gasteiger partial charge in [-0.1, -0.05) is 30.3 Å². The van der Waals surface area contributed by atoms with Crippen molar-refractivity contribution in [2.75, 3.05) is 33.9 Å². The van der Waals surface area contributed by atoms with Crippen molar-refractivity contribution in [1.29, 1.82) is 0 Å². The Labute approximate surface area is 215 Å². The van der Waals surface area contributed by atoms with Gasteiger partial charge in [-0.2, -0.15) is 0 Å². The predicted octanol–water partition coefficient (Wildman–Crippen LogP) is 4.10. The molecule has 2 amide bonds. The highest BCUT2D eigenvalue weighted by molar-refractivity contribution is 7.10. The van der Waals surface area contributed by atoms with E-state index < -0.39 is 5.91 Å². The molecule has 8 heteroatoms. The van der Waals surface area contributed by atoms with Crippen molar-refractivity contribution in [2.45, 2.75) is 19.4 Å². The molecule has 0 fully saturated rings. The lowest BCUT2D eigenvalue weighted by atomic mass is 10.00. The van der Waals surface area contributed by atoms with Gasteiger partial charge in [-0.3, -0.25) is 14.5 Å². The van der Waals surface area contributed by atoms with Crippen LogP contribution in [0.2, 0.25) is 0 Å². The summed E-state index contributed by atoms with van der Waals surface area (Å²) in [4.78, 5) is 29.3. The highest BCUT2D eigenvalue weighted by Gasteiger charge is 2.18. The van der Waals surface area contributed by atoms with E-state index in [9.17, 15) is 9.59 Å². The van der Waals surface area contributed by atoms with Crippen LogP contribution in [-0.4, -0.2) is 50.6 Å². The lowest BCUT2D eigenvalue weighted by Gasteiger charge is -2.28.